The van der Waals surface area contributed by atoms with Gasteiger partial charge in [-0.1, -0.05) is 23.8 Å². The molecular formula is C16H16O4S. The molecule has 21 heavy (non-hydrogen) atoms. The van der Waals surface area contributed by atoms with Crippen molar-refractivity contribution in [2.75, 3.05) is 7.11 Å². The highest BCUT2D eigenvalue weighted by molar-refractivity contribution is 8.01. The van der Waals surface area contributed by atoms with Gasteiger partial charge in [-0.2, -0.15) is 0 Å². The van der Waals surface area contributed by atoms with Crippen molar-refractivity contribution in [2.24, 2.45) is 5.92 Å². The Balaban J connectivity index is 1.98. The molecule has 2 heterocycles. The van der Waals surface area contributed by atoms with E-state index in [4.69, 9.17) is 9.47 Å². The summed E-state index contributed by atoms with van der Waals surface area (Å²) in [5.74, 6) is -1.23. The molecule has 0 spiro atoms. The highest BCUT2D eigenvalue weighted by Gasteiger charge is 2.57. The average molecular weight is 304 g/mol. The van der Waals surface area contributed by atoms with Crippen molar-refractivity contribution in [3.63, 3.8) is 0 Å². The molecule has 110 valence electrons. The van der Waals surface area contributed by atoms with Crippen molar-refractivity contribution in [1.82, 2.24) is 0 Å². The van der Waals surface area contributed by atoms with Crippen LogP contribution in [0.5, 0.6) is 0 Å². The minimum Gasteiger partial charge on any atom is -0.469 e. The van der Waals surface area contributed by atoms with Gasteiger partial charge in [0.2, 0.25) is 0 Å². The number of rotatable bonds is 3. The van der Waals surface area contributed by atoms with Gasteiger partial charge in [0.05, 0.1) is 13.0 Å². The smallest absolute Gasteiger partial charge is 0.328 e. The Labute approximate surface area is 127 Å². The largest absolute Gasteiger partial charge is 0.469 e. The van der Waals surface area contributed by atoms with E-state index in [2.05, 4.69) is 0 Å². The van der Waals surface area contributed by atoms with E-state index in [9.17, 15) is 9.59 Å². The van der Waals surface area contributed by atoms with Crippen molar-refractivity contribution in [1.29, 1.82) is 0 Å². The third-order valence-corrected chi connectivity index (χ3v) is 5.35. The molecule has 4 nitrogen and oxygen atoms in total. The van der Waals surface area contributed by atoms with Gasteiger partial charge >= 0.3 is 11.9 Å². The van der Waals surface area contributed by atoms with E-state index < -0.39 is 10.7 Å². The van der Waals surface area contributed by atoms with E-state index in [0.29, 0.717) is 6.42 Å². The molecule has 3 aliphatic rings. The number of esters is 2. The first kappa shape index (κ1) is 14.2. The molecule has 0 unspecified atom stereocenters. The van der Waals surface area contributed by atoms with Gasteiger partial charge in [-0.05, 0) is 25.1 Å². The number of aryl methyl sites for hydroxylation is 1. The zero-order valence-electron chi connectivity index (χ0n) is 11.9. The van der Waals surface area contributed by atoms with Gasteiger partial charge in [-0.15, -0.1) is 11.8 Å². The molecule has 2 aliphatic heterocycles. The molecule has 0 radical (unpaired) electrons. The maximum atomic E-state index is 12.4. The lowest BCUT2D eigenvalue weighted by Gasteiger charge is -2.43. The summed E-state index contributed by atoms with van der Waals surface area (Å²) in [4.78, 5) is 25.4. The van der Waals surface area contributed by atoms with Gasteiger partial charge in [0.1, 0.15) is 10.9 Å². The van der Waals surface area contributed by atoms with Gasteiger partial charge in [-0.3, -0.25) is 9.59 Å². The molecular weight excluding hydrogens is 288 g/mol. The summed E-state index contributed by atoms with van der Waals surface area (Å²) in [6.07, 6.45) is 3.83. The maximum absolute atomic E-state index is 12.4. The Bertz CT molecular complexity index is 607. The van der Waals surface area contributed by atoms with E-state index >= 15 is 0 Å². The predicted octanol–water partition coefficient (Wildman–Crippen LogP) is 2.50. The molecule has 4 rings (SSSR count). The first-order valence-electron chi connectivity index (χ1n) is 6.79. The molecule has 0 aromatic heterocycles. The SMILES string of the molecule is COC(=O)[C@@H]1C[C@@H]2C=C[C@@]1(Sc1ccc(C)cc1)C(=O)O2. The van der Waals surface area contributed by atoms with Crippen molar-refractivity contribution >= 4 is 23.7 Å². The molecule has 2 bridgehead atoms. The van der Waals surface area contributed by atoms with Crippen LogP contribution in [0.1, 0.15) is 12.0 Å². The fraction of sp³-hybridized carbons (Fsp3) is 0.375. The average Bonchev–Trinajstić information content (AvgIpc) is 2.50. The van der Waals surface area contributed by atoms with Gasteiger partial charge < -0.3 is 9.47 Å². The van der Waals surface area contributed by atoms with E-state index in [1.807, 2.05) is 37.3 Å². The van der Waals surface area contributed by atoms with Crippen LogP contribution in [0.25, 0.3) is 0 Å². The van der Waals surface area contributed by atoms with Crippen molar-refractivity contribution in [3.05, 3.63) is 42.0 Å². The van der Waals surface area contributed by atoms with Gasteiger partial charge in [0, 0.05) is 11.3 Å². The summed E-state index contributed by atoms with van der Waals surface area (Å²) >= 11 is 1.36. The van der Waals surface area contributed by atoms with Crippen LogP contribution < -0.4 is 0 Å². The molecule has 1 aliphatic carbocycles. The van der Waals surface area contributed by atoms with E-state index in [-0.39, 0.29) is 18.0 Å². The number of carbonyl (C=O) groups excluding carboxylic acids is 2. The number of benzene rings is 1. The lowest BCUT2D eigenvalue weighted by atomic mass is 9.79. The van der Waals surface area contributed by atoms with Crippen LogP contribution in [-0.2, 0) is 19.1 Å². The molecule has 1 aromatic carbocycles. The monoisotopic (exact) mass is 304 g/mol. The Kier molecular flexibility index (Phi) is 3.53. The Morgan fingerprint density at radius 2 is 2.10 bits per heavy atom. The van der Waals surface area contributed by atoms with Crippen molar-refractivity contribution in [3.8, 4) is 0 Å². The highest BCUT2D eigenvalue weighted by atomic mass is 32.2. The summed E-state index contributed by atoms with van der Waals surface area (Å²) in [6.45, 7) is 2.00. The lowest BCUT2D eigenvalue weighted by molar-refractivity contribution is -0.167. The molecule has 1 aromatic rings. The molecule has 1 saturated heterocycles. The Morgan fingerprint density at radius 3 is 2.71 bits per heavy atom. The zero-order chi connectivity index (χ0) is 15.0. The number of methoxy groups -OCH3 is 1. The van der Waals surface area contributed by atoms with E-state index in [0.717, 1.165) is 10.5 Å². The normalized spacial score (nSPS) is 30.1. The number of thioether (sulfide) groups is 1. The Hall–Kier alpha value is -1.75. The van der Waals surface area contributed by atoms with Gasteiger partial charge in [-0.25, -0.2) is 0 Å². The van der Waals surface area contributed by atoms with E-state index in [1.165, 1.54) is 18.9 Å². The summed E-state index contributed by atoms with van der Waals surface area (Å²) in [5, 5.41) is 0. The van der Waals surface area contributed by atoms with Crippen molar-refractivity contribution < 1.29 is 19.1 Å². The van der Waals surface area contributed by atoms with Crippen LogP contribution in [0.2, 0.25) is 0 Å². The van der Waals surface area contributed by atoms with E-state index in [1.54, 1.807) is 6.08 Å². The third kappa shape index (κ3) is 2.35. The Morgan fingerprint density at radius 1 is 1.38 bits per heavy atom. The predicted molar refractivity (Wildman–Crippen MR) is 78.9 cm³/mol. The lowest BCUT2D eigenvalue weighted by Crippen LogP contribution is -2.55. The number of fused-ring (bicyclic) bond motifs is 2. The molecule has 0 saturated carbocycles. The number of hydrogen-bond acceptors (Lipinski definition) is 5. The van der Waals surface area contributed by atoms with Crippen LogP contribution in [0, 0.1) is 12.8 Å². The summed E-state index contributed by atoms with van der Waals surface area (Å²) in [5.41, 5.74) is 1.15. The van der Waals surface area contributed by atoms with Crippen LogP contribution in [0.3, 0.4) is 0 Å². The zero-order valence-corrected chi connectivity index (χ0v) is 12.7. The summed E-state index contributed by atoms with van der Waals surface area (Å²) in [6, 6.07) is 7.86. The number of ether oxygens (including phenoxy) is 2. The fourth-order valence-electron chi connectivity index (χ4n) is 2.74. The first-order chi connectivity index (χ1) is 10.0. The quantitative estimate of drug-likeness (QED) is 0.634. The third-order valence-electron chi connectivity index (χ3n) is 3.92. The molecule has 3 atom stereocenters. The minimum atomic E-state index is -1.02. The molecule has 0 amide bonds. The van der Waals surface area contributed by atoms with Crippen LogP contribution >= 0.6 is 11.8 Å². The number of hydrogen-bond donors (Lipinski definition) is 0. The minimum absolute atomic E-state index is 0.318. The van der Waals surface area contributed by atoms with Crippen LogP contribution in [0.4, 0.5) is 0 Å². The second-order valence-electron chi connectivity index (χ2n) is 5.32. The van der Waals surface area contributed by atoms with Crippen LogP contribution in [0.15, 0.2) is 41.3 Å². The first-order valence-corrected chi connectivity index (χ1v) is 7.61. The molecule has 5 heteroatoms. The van der Waals surface area contributed by atoms with Crippen molar-refractivity contribution in [2.45, 2.75) is 29.1 Å². The molecule has 1 fully saturated rings. The van der Waals surface area contributed by atoms with Gasteiger partial charge in [0.15, 0.2) is 0 Å². The second kappa shape index (κ2) is 5.22. The second-order valence-corrected chi connectivity index (χ2v) is 6.67. The topological polar surface area (TPSA) is 52.6 Å². The summed E-state index contributed by atoms with van der Waals surface area (Å²) in [7, 11) is 1.35. The standard InChI is InChI=1S/C16H16O4S/c1-10-3-5-12(6-4-10)21-16-8-7-11(20-15(16)18)9-13(16)14(17)19-2/h3-8,11,13H,9H2,1-2H3/t11-,13-,16-/m0/s1. The van der Waals surface area contributed by atoms with Gasteiger partial charge in [0.25, 0.3) is 0 Å². The highest BCUT2D eigenvalue weighted by Crippen LogP contribution is 2.49. The fourth-order valence-corrected chi connectivity index (χ4v) is 4.02. The molecule has 0 N–H and O–H groups in total. The number of carbonyl (C=O) groups is 2. The van der Waals surface area contributed by atoms with Crippen LogP contribution in [-0.4, -0.2) is 29.9 Å². The summed E-state index contributed by atoms with van der Waals surface area (Å²) < 4.78 is 9.22. The maximum Gasteiger partial charge on any atom is 0.328 e.